The van der Waals surface area contributed by atoms with Crippen LogP contribution in [-0.2, 0) is 6.61 Å². The lowest BCUT2D eigenvalue weighted by atomic mass is 10.2. The second kappa shape index (κ2) is 8.37. The number of hydrogen-bond acceptors (Lipinski definition) is 7. The van der Waals surface area contributed by atoms with Gasteiger partial charge < -0.3 is 23.4 Å². The lowest BCUT2D eigenvalue weighted by Crippen LogP contribution is -1.96. The third-order valence-corrected chi connectivity index (χ3v) is 4.15. The van der Waals surface area contributed by atoms with Crippen LogP contribution in [0.5, 0.6) is 23.0 Å². The predicted molar refractivity (Wildman–Crippen MR) is 100 cm³/mol. The molecule has 0 aliphatic rings. The molecule has 27 heavy (non-hydrogen) atoms. The van der Waals surface area contributed by atoms with Gasteiger partial charge in [0.2, 0.25) is 11.6 Å². The van der Waals surface area contributed by atoms with E-state index >= 15 is 0 Å². The number of ether oxygens (including phenoxy) is 4. The first kappa shape index (κ1) is 19.1. The molecule has 0 amide bonds. The van der Waals surface area contributed by atoms with E-state index in [4.69, 9.17) is 46.6 Å². The average Bonchev–Trinajstić information content (AvgIpc) is 3.15. The molecule has 0 saturated carbocycles. The van der Waals surface area contributed by atoms with Gasteiger partial charge in [-0.1, -0.05) is 23.2 Å². The monoisotopic (exact) mass is 410 g/mol. The molecule has 3 aromatic rings. The minimum atomic E-state index is 0.0543. The first-order chi connectivity index (χ1) is 13.0. The van der Waals surface area contributed by atoms with Crippen LogP contribution >= 0.6 is 23.2 Å². The van der Waals surface area contributed by atoms with Crippen molar-refractivity contribution in [2.75, 3.05) is 21.3 Å². The Bertz CT molecular complexity index is 920. The molecule has 3 rings (SSSR count). The van der Waals surface area contributed by atoms with Gasteiger partial charge in [-0.05, 0) is 30.3 Å². The van der Waals surface area contributed by atoms with Gasteiger partial charge in [0.05, 0.1) is 26.4 Å². The van der Waals surface area contributed by atoms with Crippen LogP contribution in [0.2, 0.25) is 10.0 Å². The fourth-order valence-corrected chi connectivity index (χ4v) is 2.83. The normalized spacial score (nSPS) is 10.6. The molecule has 7 nitrogen and oxygen atoms in total. The molecule has 0 N–H and O–H groups in total. The quantitative estimate of drug-likeness (QED) is 0.560. The van der Waals surface area contributed by atoms with E-state index < -0.39 is 0 Å². The molecule has 142 valence electrons. The Morgan fingerprint density at radius 2 is 1.59 bits per heavy atom. The number of aromatic nitrogens is 2. The van der Waals surface area contributed by atoms with E-state index in [1.54, 1.807) is 30.3 Å². The van der Waals surface area contributed by atoms with E-state index in [2.05, 4.69) is 10.2 Å². The van der Waals surface area contributed by atoms with Crippen molar-refractivity contribution in [3.8, 4) is 34.5 Å². The van der Waals surface area contributed by atoms with Crippen LogP contribution in [-0.4, -0.2) is 31.5 Å². The zero-order valence-corrected chi connectivity index (χ0v) is 16.3. The summed E-state index contributed by atoms with van der Waals surface area (Å²) in [5, 5.41) is 8.94. The van der Waals surface area contributed by atoms with Crippen LogP contribution in [0, 0.1) is 0 Å². The van der Waals surface area contributed by atoms with E-state index in [-0.39, 0.29) is 18.4 Å². The third-order valence-electron chi connectivity index (χ3n) is 3.62. The van der Waals surface area contributed by atoms with Crippen molar-refractivity contribution < 1.29 is 23.4 Å². The highest BCUT2D eigenvalue weighted by Crippen LogP contribution is 2.40. The second-order valence-electron chi connectivity index (χ2n) is 5.28. The lowest BCUT2D eigenvalue weighted by molar-refractivity contribution is 0.264. The molecule has 1 aromatic heterocycles. The van der Waals surface area contributed by atoms with E-state index in [0.717, 1.165) is 0 Å². The third kappa shape index (κ3) is 4.20. The van der Waals surface area contributed by atoms with Crippen molar-refractivity contribution >= 4 is 23.2 Å². The van der Waals surface area contributed by atoms with E-state index in [1.807, 2.05) is 0 Å². The maximum absolute atomic E-state index is 6.08. The van der Waals surface area contributed by atoms with Gasteiger partial charge in [-0.25, -0.2) is 0 Å². The minimum absolute atomic E-state index is 0.0543. The Hall–Kier alpha value is -2.64. The molecule has 0 aliphatic heterocycles. The zero-order valence-electron chi connectivity index (χ0n) is 14.8. The van der Waals surface area contributed by atoms with Crippen molar-refractivity contribution in [1.82, 2.24) is 10.2 Å². The van der Waals surface area contributed by atoms with E-state index in [9.17, 15) is 0 Å². The van der Waals surface area contributed by atoms with Crippen LogP contribution in [0.25, 0.3) is 11.5 Å². The summed E-state index contributed by atoms with van der Waals surface area (Å²) < 4.78 is 27.2. The summed E-state index contributed by atoms with van der Waals surface area (Å²) in [6.45, 7) is 0.0543. The van der Waals surface area contributed by atoms with Gasteiger partial charge in [0.25, 0.3) is 5.89 Å². The number of hydrogen-bond donors (Lipinski definition) is 0. The zero-order chi connectivity index (χ0) is 19.4. The first-order valence-electron chi connectivity index (χ1n) is 7.76. The van der Waals surface area contributed by atoms with Crippen molar-refractivity contribution in [3.63, 3.8) is 0 Å². The Balaban J connectivity index is 1.81. The summed E-state index contributed by atoms with van der Waals surface area (Å²) in [5.41, 5.74) is 0.618. The van der Waals surface area contributed by atoms with Crippen molar-refractivity contribution in [1.29, 1.82) is 0 Å². The van der Waals surface area contributed by atoms with E-state index in [0.29, 0.717) is 38.6 Å². The van der Waals surface area contributed by atoms with Gasteiger partial charge in [0, 0.05) is 10.6 Å². The van der Waals surface area contributed by atoms with Crippen molar-refractivity contribution in [2.24, 2.45) is 0 Å². The molecular formula is C18H16Cl2N2O5. The molecule has 0 aliphatic carbocycles. The molecule has 9 heteroatoms. The lowest BCUT2D eigenvalue weighted by Gasteiger charge is -2.12. The fraction of sp³-hybridized carbons (Fsp3) is 0.222. The SMILES string of the molecule is COc1cc(-c2nnc(COc3ccc(Cl)cc3Cl)o2)cc(OC)c1OC. The van der Waals surface area contributed by atoms with Crippen LogP contribution < -0.4 is 18.9 Å². The highest BCUT2D eigenvalue weighted by molar-refractivity contribution is 6.35. The van der Waals surface area contributed by atoms with Gasteiger partial charge in [0.15, 0.2) is 18.1 Å². The number of benzene rings is 2. The van der Waals surface area contributed by atoms with Gasteiger partial charge in [0.1, 0.15) is 5.75 Å². The highest BCUT2D eigenvalue weighted by Gasteiger charge is 2.18. The summed E-state index contributed by atoms with van der Waals surface area (Å²) in [4.78, 5) is 0. The molecular weight excluding hydrogens is 395 g/mol. The summed E-state index contributed by atoms with van der Waals surface area (Å²) in [6.07, 6.45) is 0. The number of nitrogens with zero attached hydrogens (tertiary/aromatic N) is 2. The van der Waals surface area contributed by atoms with Gasteiger partial charge >= 0.3 is 0 Å². The number of rotatable bonds is 7. The summed E-state index contributed by atoms with van der Waals surface area (Å²) in [6, 6.07) is 8.37. The Morgan fingerprint density at radius 3 is 2.19 bits per heavy atom. The van der Waals surface area contributed by atoms with Gasteiger partial charge in [-0.2, -0.15) is 0 Å². The van der Waals surface area contributed by atoms with Gasteiger partial charge in [-0.3, -0.25) is 0 Å². The molecule has 0 saturated heterocycles. The van der Waals surface area contributed by atoms with Gasteiger partial charge in [-0.15, -0.1) is 10.2 Å². The molecule has 0 spiro atoms. The molecule has 0 bridgehead atoms. The summed E-state index contributed by atoms with van der Waals surface area (Å²) in [5.74, 6) is 2.48. The second-order valence-corrected chi connectivity index (χ2v) is 6.12. The fourth-order valence-electron chi connectivity index (χ4n) is 2.36. The first-order valence-corrected chi connectivity index (χ1v) is 8.52. The molecule has 0 radical (unpaired) electrons. The molecule has 0 unspecified atom stereocenters. The summed E-state index contributed by atoms with van der Waals surface area (Å²) in [7, 11) is 4.60. The predicted octanol–water partition coefficient (Wildman–Crippen LogP) is 4.65. The summed E-state index contributed by atoms with van der Waals surface area (Å²) >= 11 is 11.9. The molecule has 0 atom stereocenters. The van der Waals surface area contributed by atoms with Crippen LogP contribution in [0.3, 0.4) is 0 Å². The maximum Gasteiger partial charge on any atom is 0.254 e. The number of methoxy groups -OCH3 is 3. The van der Waals surface area contributed by atoms with Crippen molar-refractivity contribution in [3.05, 3.63) is 46.3 Å². The van der Waals surface area contributed by atoms with Crippen molar-refractivity contribution in [2.45, 2.75) is 6.61 Å². The van der Waals surface area contributed by atoms with E-state index in [1.165, 1.54) is 21.3 Å². The minimum Gasteiger partial charge on any atom is -0.493 e. The number of halogens is 2. The smallest absolute Gasteiger partial charge is 0.254 e. The largest absolute Gasteiger partial charge is 0.493 e. The highest BCUT2D eigenvalue weighted by atomic mass is 35.5. The van der Waals surface area contributed by atoms with Crippen LogP contribution in [0.15, 0.2) is 34.7 Å². The molecule has 1 heterocycles. The van der Waals surface area contributed by atoms with Crippen LogP contribution in [0.1, 0.15) is 5.89 Å². The average molecular weight is 411 g/mol. The standard InChI is InChI=1S/C18H16Cl2N2O5/c1-23-14-6-10(7-15(24-2)17(14)25-3)18-22-21-16(27-18)9-26-13-5-4-11(19)8-12(13)20/h4-8H,9H2,1-3H3. The topological polar surface area (TPSA) is 75.8 Å². The Kier molecular flexibility index (Phi) is 5.93. The van der Waals surface area contributed by atoms with Crippen LogP contribution in [0.4, 0.5) is 0 Å². The molecule has 0 fully saturated rings. The molecule has 2 aromatic carbocycles. The Labute approximate surface area is 165 Å². The Morgan fingerprint density at radius 1 is 0.889 bits per heavy atom. The maximum atomic E-state index is 6.08.